The van der Waals surface area contributed by atoms with E-state index in [9.17, 15) is 4.79 Å². The summed E-state index contributed by atoms with van der Waals surface area (Å²) >= 11 is 5.01. The highest BCUT2D eigenvalue weighted by Crippen LogP contribution is 2.27. The van der Waals surface area contributed by atoms with Gasteiger partial charge in [0, 0.05) is 16.6 Å². The van der Waals surface area contributed by atoms with Crippen LogP contribution in [0.3, 0.4) is 0 Å². The van der Waals surface area contributed by atoms with Crippen molar-refractivity contribution in [1.29, 1.82) is 0 Å². The standard InChI is InChI=1S/C17H18BrNOS/c1-11(2)14-6-4-5-12(3)17(14)19-16(20)10-8-13-7-9-15(18)21-13/h4-11H,1-3H3,(H,19,20)/b10-8+. The van der Waals surface area contributed by atoms with E-state index in [0.717, 1.165) is 25.5 Å². The van der Waals surface area contributed by atoms with Crippen LogP contribution in [-0.4, -0.2) is 5.91 Å². The number of anilines is 1. The van der Waals surface area contributed by atoms with Crippen molar-refractivity contribution in [3.05, 3.63) is 56.2 Å². The molecule has 110 valence electrons. The van der Waals surface area contributed by atoms with Crippen molar-refractivity contribution >= 4 is 44.9 Å². The number of hydrogen-bond donors (Lipinski definition) is 1. The van der Waals surface area contributed by atoms with Crippen LogP contribution in [0.15, 0.2) is 40.2 Å². The van der Waals surface area contributed by atoms with Gasteiger partial charge in [0.25, 0.3) is 0 Å². The Bertz CT molecular complexity index is 673. The van der Waals surface area contributed by atoms with E-state index < -0.39 is 0 Å². The van der Waals surface area contributed by atoms with Gasteiger partial charge in [0.1, 0.15) is 0 Å². The molecule has 0 bridgehead atoms. The number of nitrogens with one attached hydrogen (secondary N) is 1. The van der Waals surface area contributed by atoms with Gasteiger partial charge in [-0.2, -0.15) is 0 Å². The first-order valence-corrected chi connectivity index (χ1v) is 8.42. The first-order valence-electron chi connectivity index (χ1n) is 6.81. The molecule has 2 nitrogen and oxygen atoms in total. The fourth-order valence-electron chi connectivity index (χ4n) is 2.08. The predicted molar refractivity (Wildman–Crippen MR) is 95.0 cm³/mol. The molecule has 0 spiro atoms. The summed E-state index contributed by atoms with van der Waals surface area (Å²) in [4.78, 5) is 13.2. The number of benzene rings is 1. The van der Waals surface area contributed by atoms with Crippen LogP contribution in [-0.2, 0) is 4.79 Å². The van der Waals surface area contributed by atoms with Gasteiger partial charge in [-0.25, -0.2) is 0 Å². The molecule has 21 heavy (non-hydrogen) atoms. The number of rotatable bonds is 4. The highest BCUT2D eigenvalue weighted by atomic mass is 79.9. The summed E-state index contributed by atoms with van der Waals surface area (Å²) in [6.45, 7) is 6.27. The Balaban J connectivity index is 2.15. The van der Waals surface area contributed by atoms with Gasteiger partial charge in [-0.1, -0.05) is 32.0 Å². The van der Waals surface area contributed by atoms with E-state index in [4.69, 9.17) is 0 Å². The number of aryl methyl sites for hydroxylation is 1. The normalized spacial score (nSPS) is 11.3. The Morgan fingerprint density at radius 3 is 2.67 bits per heavy atom. The van der Waals surface area contributed by atoms with Crippen molar-refractivity contribution in [3.63, 3.8) is 0 Å². The van der Waals surface area contributed by atoms with E-state index in [2.05, 4.69) is 41.2 Å². The smallest absolute Gasteiger partial charge is 0.248 e. The van der Waals surface area contributed by atoms with E-state index in [1.807, 2.05) is 37.3 Å². The molecule has 0 saturated carbocycles. The van der Waals surface area contributed by atoms with Crippen LogP contribution in [0.2, 0.25) is 0 Å². The zero-order chi connectivity index (χ0) is 15.4. The molecule has 0 aliphatic heterocycles. The second-order valence-corrected chi connectivity index (χ2v) is 7.65. The maximum Gasteiger partial charge on any atom is 0.248 e. The summed E-state index contributed by atoms with van der Waals surface area (Å²) in [5.41, 5.74) is 3.17. The lowest BCUT2D eigenvalue weighted by Crippen LogP contribution is -2.11. The van der Waals surface area contributed by atoms with Crippen molar-refractivity contribution in [2.24, 2.45) is 0 Å². The molecule has 0 unspecified atom stereocenters. The number of carbonyl (C=O) groups excluding carboxylic acids is 1. The molecular weight excluding hydrogens is 346 g/mol. The molecule has 2 rings (SSSR count). The van der Waals surface area contributed by atoms with E-state index >= 15 is 0 Å². The Kier molecular flexibility index (Phi) is 5.37. The molecule has 4 heteroatoms. The summed E-state index contributed by atoms with van der Waals surface area (Å²) in [5, 5.41) is 3.00. The molecule has 2 aromatic rings. The molecule has 0 saturated heterocycles. The quantitative estimate of drug-likeness (QED) is 0.704. The van der Waals surface area contributed by atoms with Crippen LogP contribution in [0.1, 0.15) is 35.8 Å². The van der Waals surface area contributed by atoms with Crippen molar-refractivity contribution < 1.29 is 4.79 Å². The SMILES string of the molecule is Cc1cccc(C(C)C)c1NC(=O)/C=C/c1ccc(Br)s1. The zero-order valence-electron chi connectivity index (χ0n) is 12.3. The van der Waals surface area contributed by atoms with Crippen molar-refractivity contribution in [2.45, 2.75) is 26.7 Å². The van der Waals surface area contributed by atoms with Gasteiger partial charge in [-0.05, 0) is 58.1 Å². The fourth-order valence-corrected chi connectivity index (χ4v) is 3.41. The second kappa shape index (κ2) is 7.05. The molecule has 1 heterocycles. The number of thiophene rings is 1. The van der Waals surface area contributed by atoms with Crippen molar-refractivity contribution in [3.8, 4) is 0 Å². The highest BCUT2D eigenvalue weighted by Gasteiger charge is 2.10. The Morgan fingerprint density at radius 2 is 2.05 bits per heavy atom. The zero-order valence-corrected chi connectivity index (χ0v) is 14.7. The molecular formula is C17H18BrNOS. The molecule has 0 fully saturated rings. The predicted octanol–water partition coefficient (Wildman–Crippen LogP) is 5.59. The van der Waals surface area contributed by atoms with Gasteiger partial charge < -0.3 is 5.32 Å². The highest BCUT2D eigenvalue weighted by molar-refractivity contribution is 9.11. The second-order valence-electron chi connectivity index (χ2n) is 5.16. The maximum atomic E-state index is 12.1. The minimum Gasteiger partial charge on any atom is -0.322 e. The summed E-state index contributed by atoms with van der Waals surface area (Å²) in [6.07, 6.45) is 3.41. The largest absolute Gasteiger partial charge is 0.322 e. The number of para-hydroxylation sites is 1. The molecule has 1 N–H and O–H groups in total. The van der Waals surface area contributed by atoms with E-state index in [-0.39, 0.29) is 5.91 Å². The van der Waals surface area contributed by atoms with Gasteiger partial charge in [-0.3, -0.25) is 4.79 Å². The lowest BCUT2D eigenvalue weighted by molar-refractivity contribution is -0.111. The van der Waals surface area contributed by atoms with Crippen LogP contribution >= 0.6 is 27.3 Å². The third kappa shape index (κ3) is 4.29. The topological polar surface area (TPSA) is 29.1 Å². The average Bonchev–Trinajstić information content (AvgIpc) is 2.84. The number of carbonyl (C=O) groups is 1. The van der Waals surface area contributed by atoms with Gasteiger partial charge in [-0.15, -0.1) is 11.3 Å². The summed E-state index contributed by atoms with van der Waals surface area (Å²) < 4.78 is 1.06. The molecule has 0 atom stereocenters. The third-order valence-electron chi connectivity index (χ3n) is 3.17. The molecule has 1 amide bonds. The van der Waals surface area contributed by atoms with Crippen LogP contribution in [0.5, 0.6) is 0 Å². The molecule has 1 aromatic carbocycles. The summed E-state index contributed by atoms with van der Waals surface area (Å²) in [5.74, 6) is 0.271. The lowest BCUT2D eigenvalue weighted by Gasteiger charge is -2.15. The van der Waals surface area contributed by atoms with Gasteiger partial charge in [0.05, 0.1) is 3.79 Å². The molecule has 1 aromatic heterocycles. The number of hydrogen-bond acceptors (Lipinski definition) is 2. The van der Waals surface area contributed by atoms with Crippen LogP contribution < -0.4 is 5.32 Å². The minimum atomic E-state index is -0.101. The Morgan fingerprint density at radius 1 is 1.29 bits per heavy atom. The van der Waals surface area contributed by atoms with Crippen LogP contribution in [0.25, 0.3) is 6.08 Å². The minimum absolute atomic E-state index is 0.101. The average molecular weight is 364 g/mol. The summed E-state index contributed by atoms with van der Waals surface area (Å²) in [6, 6.07) is 10.1. The third-order valence-corrected chi connectivity index (χ3v) is 4.76. The maximum absolute atomic E-state index is 12.1. The van der Waals surface area contributed by atoms with Crippen molar-refractivity contribution in [2.75, 3.05) is 5.32 Å². The number of halogens is 1. The van der Waals surface area contributed by atoms with E-state index in [1.165, 1.54) is 0 Å². The first kappa shape index (κ1) is 16.0. The molecule has 0 radical (unpaired) electrons. The monoisotopic (exact) mass is 363 g/mol. The fraction of sp³-hybridized carbons (Fsp3) is 0.235. The number of amides is 1. The first-order chi connectivity index (χ1) is 9.97. The van der Waals surface area contributed by atoms with Crippen LogP contribution in [0.4, 0.5) is 5.69 Å². The molecule has 0 aliphatic rings. The van der Waals surface area contributed by atoms with E-state index in [1.54, 1.807) is 17.4 Å². The van der Waals surface area contributed by atoms with Gasteiger partial charge in [0.15, 0.2) is 0 Å². The van der Waals surface area contributed by atoms with Gasteiger partial charge in [0.2, 0.25) is 5.91 Å². The van der Waals surface area contributed by atoms with Crippen LogP contribution in [0, 0.1) is 6.92 Å². The summed E-state index contributed by atoms with van der Waals surface area (Å²) in [7, 11) is 0. The molecule has 0 aliphatic carbocycles. The Labute approximate surface area is 138 Å². The lowest BCUT2D eigenvalue weighted by atomic mass is 9.98. The Hall–Kier alpha value is -1.39. The van der Waals surface area contributed by atoms with E-state index in [0.29, 0.717) is 5.92 Å². The van der Waals surface area contributed by atoms with Crippen molar-refractivity contribution in [1.82, 2.24) is 0 Å². The van der Waals surface area contributed by atoms with Gasteiger partial charge >= 0.3 is 0 Å².